The second-order valence-electron chi connectivity index (χ2n) is 3.96. The van der Waals surface area contributed by atoms with Gasteiger partial charge in [0, 0.05) is 7.05 Å². The van der Waals surface area contributed by atoms with Crippen LogP contribution >= 0.6 is 0 Å². The topological polar surface area (TPSA) is 61.7 Å². The molecule has 0 aliphatic carbocycles. The number of hydrogen-bond acceptors (Lipinski definition) is 3. The third-order valence-electron chi connectivity index (χ3n) is 2.63. The van der Waals surface area contributed by atoms with Gasteiger partial charge in [-0.15, -0.1) is 0 Å². The van der Waals surface area contributed by atoms with Gasteiger partial charge in [-0.3, -0.25) is 9.25 Å². The van der Waals surface area contributed by atoms with Crippen molar-refractivity contribution in [3.63, 3.8) is 0 Å². The third-order valence-corrected chi connectivity index (χ3v) is 2.63. The van der Waals surface area contributed by atoms with Gasteiger partial charge < -0.3 is 5.73 Å². The second-order valence-corrected chi connectivity index (χ2v) is 3.96. The van der Waals surface area contributed by atoms with Crippen molar-refractivity contribution in [2.24, 2.45) is 7.05 Å². The first-order valence-electron chi connectivity index (χ1n) is 5.50. The Balaban J connectivity index is 2.57. The Bertz CT molecular complexity index is 528. The number of halogens is 2. The average molecular weight is 243 g/mol. The summed E-state index contributed by atoms with van der Waals surface area (Å²) >= 11 is 0. The van der Waals surface area contributed by atoms with E-state index in [2.05, 4.69) is 10.1 Å². The summed E-state index contributed by atoms with van der Waals surface area (Å²) in [4.78, 5) is 4.13. The number of aryl methyl sites for hydroxylation is 2. The smallest absolute Gasteiger partial charge is 0.256 e. The van der Waals surface area contributed by atoms with E-state index in [9.17, 15) is 8.78 Å². The number of anilines is 1. The van der Waals surface area contributed by atoms with Gasteiger partial charge in [-0.2, -0.15) is 5.10 Å². The highest BCUT2D eigenvalue weighted by atomic mass is 19.3. The molecule has 0 saturated heterocycles. The molecule has 0 unspecified atom stereocenters. The molecule has 2 N–H and O–H groups in total. The molecule has 2 heterocycles. The van der Waals surface area contributed by atoms with Crippen LogP contribution in [0.4, 0.5) is 14.7 Å². The zero-order valence-corrected chi connectivity index (χ0v) is 9.82. The fraction of sp³-hybridized carbons (Fsp3) is 0.600. The molecular formula is C10H15F2N5. The van der Waals surface area contributed by atoms with Crippen LogP contribution in [0.3, 0.4) is 0 Å². The maximum absolute atomic E-state index is 12.5. The Labute approximate surface area is 97.2 Å². The number of nitrogens with zero attached hydrogens (tertiary/aromatic N) is 4. The first-order chi connectivity index (χ1) is 8.04. The summed E-state index contributed by atoms with van der Waals surface area (Å²) in [5.41, 5.74) is 7.66. The quantitative estimate of drug-likeness (QED) is 0.886. The highest BCUT2D eigenvalue weighted by molar-refractivity contribution is 5.77. The van der Waals surface area contributed by atoms with Crippen LogP contribution in [0.25, 0.3) is 11.2 Å². The van der Waals surface area contributed by atoms with Crippen molar-refractivity contribution in [3.8, 4) is 0 Å². The summed E-state index contributed by atoms with van der Waals surface area (Å²) in [5.74, 6) is 0.116. The van der Waals surface area contributed by atoms with E-state index in [-0.39, 0.29) is 5.95 Å². The number of hydrogen-bond donors (Lipinski definition) is 1. The van der Waals surface area contributed by atoms with Crippen molar-refractivity contribution in [3.05, 3.63) is 5.69 Å². The minimum Gasteiger partial charge on any atom is -0.369 e. The lowest BCUT2D eigenvalue weighted by Crippen LogP contribution is -2.12. The van der Waals surface area contributed by atoms with E-state index in [0.29, 0.717) is 11.2 Å². The first-order valence-corrected chi connectivity index (χ1v) is 5.50. The molecule has 2 aromatic rings. The summed E-state index contributed by atoms with van der Waals surface area (Å²) in [6.07, 6.45) is -0.768. The van der Waals surface area contributed by atoms with Crippen LogP contribution in [0.2, 0.25) is 0 Å². The molecule has 2 rings (SSSR count). The van der Waals surface area contributed by atoms with Gasteiger partial charge in [-0.25, -0.2) is 13.8 Å². The molecule has 17 heavy (non-hydrogen) atoms. The molecule has 5 nitrogen and oxygen atoms in total. The minimum absolute atomic E-state index is 0.116. The molecule has 0 radical (unpaired) electrons. The lowest BCUT2D eigenvalue weighted by molar-refractivity contribution is 0.128. The van der Waals surface area contributed by atoms with Crippen molar-refractivity contribution >= 4 is 17.1 Å². The molecule has 0 fully saturated rings. The first kappa shape index (κ1) is 11.8. The van der Waals surface area contributed by atoms with Gasteiger partial charge in [0.25, 0.3) is 6.43 Å². The summed E-state index contributed by atoms with van der Waals surface area (Å²) < 4.78 is 27.8. The van der Waals surface area contributed by atoms with Crippen LogP contribution in [0.1, 0.15) is 19.0 Å². The lowest BCUT2D eigenvalue weighted by Gasteiger charge is -2.05. The molecule has 0 bridgehead atoms. The van der Waals surface area contributed by atoms with Crippen LogP contribution in [0.5, 0.6) is 0 Å². The van der Waals surface area contributed by atoms with Gasteiger partial charge in [-0.05, 0) is 6.42 Å². The Kier molecular flexibility index (Phi) is 2.99. The van der Waals surface area contributed by atoms with Crippen LogP contribution in [0, 0.1) is 0 Å². The highest BCUT2D eigenvalue weighted by Crippen LogP contribution is 2.22. The molecule has 94 valence electrons. The molecule has 0 aliphatic rings. The number of alkyl halides is 2. The SMILES string of the molecule is CCCc1nn(C)c2c1nc(N)n2CC(F)F. The number of imidazole rings is 1. The molecule has 7 heteroatoms. The Morgan fingerprint density at radius 1 is 1.41 bits per heavy atom. The summed E-state index contributed by atoms with van der Waals surface area (Å²) in [5, 5.41) is 4.28. The normalized spacial score (nSPS) is 11.8. The van der Waals surface area contributed by atoms with Gasteiger partial charge in [-0.1, -0.05) is 13.3 Å². The fourth-order valence-corrected chi connectivity index (χ4v) is 1.98. The molecule has 0 aliphatic heterocycles. The maximum Gasteiger partial charge on any atom is 0.256 e. The Morgan fingerprint density at radius 3 is 2.71 bits per heavy atom. The summed E-state index contributed by atoms with van der Waals surface area (Å²) in [6.45, 7) is 1.58. The largest absolute Gasteiger partial charge is 0.369 e. The monoisotopic (exact) mass is 243 g/mol. The van der Waals surface area contributed by atoms with Gasteiger partial charge in [0.2, 0.25) is 5.95 Å². The predicted molar refractivity (Wildman–Crippen MR) is 60.9 cm³/mol. The second kappa shape index (κ2) is 4.31. The van der Waals surface area contributed by atoms with E-state index >= 15 is 0 Å². The third kappa shape index (κ3) is 1.96. The maximum atomic E-state index is 12.5. The van der Waals surface area contributed by atoms with Crippen molar-refractivity contribution in [2.45, 2.75) is 32.7 Å². The number of aromatic nitrogens is 4. The number of nitrogen functional groups attached to an aromatic ring is 1. The van der Waals surface area contributed by atoms with E-state index in [0.717, 1.165) is 18.5 Å². The molecule has 0 aromatic carbocycles. The van der Waals surface area contributed by atoms with Gasteiger partial charge in [0.1, 0.15) is 5.52 Å². The van der Waals surface area contributed by atoms with Crippen LogP contribution in [0.15, 0.2) is 0 Å². The van der Waals surface area contributed by atoms with E-state index < -0.39 is 13.0 Å². The summed E-state index contributed by atoms with van der Waals surface area (Å²) in [7, 11) is 1.71. The molecule has 0 saturated carbocycles. The van der Waals surface area contributed by atoms with Crippen molar-refractivity contribution in [1.82, 2.24) is 19.3 Å². The zero-order valence-electron chi connectivity index (χ0n) is 9.82. The molecule has 2 aromatic heterocycles. The van der Waals surface area contributed by atoms with Crippen LogP contribution < -0.4 is 5.73 Å². The van der Waals surface area contributed by atoms with E-state index in [1.165, 1.54) is 4.57 Å². The average Bonchev–Trinajstić information content (AvgIpc) is 2.69. The molecule has 0 spiro atoms. The number of fused-ring (bicyclic) bond motifs is 1. The van der Waals surface area contributed by atoms with Crippen molar-refractivity contribution in [2.75, 3.05) is 5.73 Å². The molecular weight excluding hydrogens is 228 g/mol. The van der Waals surface area contributed by atoms with Crippen LogP contribution in [-0.2, 0) is 20.0 Å². The fourth-order valence-electron chi connectivity index (χ4n) is 1.98. The lowest BCUT2D eigenvalue weighted by atomic mass is 10.2. The van der Waals surface area contributed by atoms with Crippen LogP contribution in [-0.4, -0.2) is 25.8 Å². The minimum atomic E-state index is -2.46. The Morgan fingerprint density at radius 2 is 2.12 bits per heavy atom. The Hall–Kier alpha value is -1.66. The van der Waals surface area contributed by atoms with Gasteiger partial charge in [0.15, 0.2) is 5.65 Å². The zero-order chi connectivity index (χ0) is 12.6. The van der Waals surface area contributed by atoms with Crippen molar-refractivity contribution in [1.29, 1.82) is 0 Å². The van der Waals surface area contributed by atoms with Gasteiger partial charge >= 0.3 is 0 Å². The standard InChI is InChI=1S/C10H15F2N5/c1-3-4-6-8-9(16(2)15-6)17(5-7(11)12)10(13)14-8/h7H,3-5H2,1-2H3,(H2,13,14). The highest BCUT2D eigenvalue weighted by Gasteiger charge is 2.19. The number of nitrogens with two attached hydrogens (primary N) is 1. The van der Waals surface area contributed by atoms with Crippen molar-refractivity contribution < 1.29 is 8.78 Å². The van der Waals surface area contributed by atoms with E-state index in [1.807, 2.05) is 6.92 Å². The van der Waals surface area contributed by atoms with E-state index in [4.69, 9.17) is 5.73 Å². The van der Waals surface area contributed by atoms with E-state index in [1.54, 1.807) is 11.7 Å². The number of rotatable bonds is 4. The molecule has 0 amide bonds. The predicted octanol–water partition coefficient (Wildman–Crippen LogP) is 1.57. The molecule has 0 atom stereocenters. The summed E-state index contributed by atoms with van der Waals surface area (Å²) in [6, 6.07) is 0. The van der Waals surface area contributed by atoms with Gasteiger partial charge in [0.05, 0.1) is 12.2 Å².